The Morgan fingerprint density at radius 3 is 2.60 bits per heavy atom. The summed E-state index contributed by atoms with van der Waals surface area (Å²) in [6.07, 6.45) is 9.79. The van der Waals surface area contributed by atoms with E-state index in [9.17, 15) is 9.90 Å². The molecule has 0 saturated heterocycles. The maximum Gasteiger partial charge on any atom is 0.311 e. The first kappa shape index (κ1) is 13.5. The van der Waals surface area contributed by atoms with Crippen molar-refractivity contribution in [2.75, 3.05) is 0 Å². The highest BCUT2D eigenvalue weighted by molar-refractivity contribution is 5.75. The molecule has 0 amide bonds. The van der Waals surface area contributed by atoms with Gasteiger partial charge in [0, 0.05) is 6.42 Å². The van der Waals surface area contributed by atoms with Gasteiger partial charge in [0.05, 0.1) is 12.0 Å². The smallest absolute Gasteiger partial charge is 0.311 e. The molecule has 3 rings (SSSR count). The van der Waals surface area contributed by atoms with Crippen molar-refractivity contribution in [2.24, 2.45) is 11.3 Å². The highest BCUT2D eigenvalue weighted by Gasteiger charge is 2.45. The number of rotatable bonds is 5. The molecular weight excluding hydrogens is 256 g/mol. The summed E-state index contributed by atoms with van der Waals surface area (Å²) < 4.78 is 1.74. The van der Waals surface area contributed by atoms with Gasteiger partial charge < -0.3 is 5.11 Å². The molecule has 2 aliphatic carbocycles. The first-order valence-corrected chi connectivity index (χ1v) is 7.68. The molecule has 2 fully saturated rings. The van der Waals surface area contributed by atoms with Crippen LogP contribution in [0.15, 0.2) is 0 Å². The van der Waals surface area contributed by atoms with Crippen molar-refractivity contribution < 1.29 is 9.90 Å². The Kier molecular flexibility index (Phi) is 3.72. The van der Waals surface area contributed by atoms with Gasteiger partial charge in [-0.3, -0.25) is 4.79 Å². The van der Waals surface area contributed by atoms with Gasteiger partial charge in [0.2, 0.25) is 0 Å². The molecule has 1 aromatic heterocycles. The molecule has 2 aliphatic rings. The number of nitrogens with zero attached hydrogens (tertiary/aromatic N) is 4. The van der Waals surface area contributed by atoms with Gasteiger partial charge in [0.15, 0.2) is 5.82 Å². The molecule has 0 atom stereocenters. The average Bonchev–Trinajstić information content (AvgIpc) is 2.82. The van der Waals surface area contributed by atoms with Crippen LogP contribution in [0, 0.1) is 11.3 Å². The van der Waals surface area contributed by atoms with E-state index in [4.69, 9.17) is 0 Å². The van der Waals surface area contributed by atoms with Crippen molar-refractivity contribution in [3.8, 4) is 0 Å². The normalized spacial score (nSPS) is 22.4. The third-order valence-corrected chi connectivity index (χ3v) is 5.02. The van der Waals surface area contributed by atoms with E-state index in [1.165, 1.54) is 32.1 Å². The Hall–Kier alpha value is -1.46. The molecule has 6 heteroatoms. The van der Waals surface area contributed by atoms with E-state index in [0.29, 0.717) is 12.5 Å². The summed E-state index contributed by atoms with van der Waals surface area (Å²) in [4.78, 5) is 11.4. The molecule has 0 bridgehead atoms. The van der Waals surface area contributed by atoms with E-state index in [1.54, 1.807) is 4.68 Å². The topological polar surface area (TPSA) is 80.9 Å². The molecule has 2 saturated carbocycles. The second-order valence-corrected chi connectivity index (χ2v) is 6.40. The summed E-state index contributed by atoms with van der Waals surface area (Å²) in [6.45, 7) is 0.428. The number of tetrazole rings is 1. The number of carboxylic acids is 1. The van der Waals surface area contributed by atoms with E-state index in [2.05, 4.69) is 15.5 Å². The minimum Gasteiger partial charge on any atom is -0.481 e. The van der Waals surface area contributed by atoms with E-state index in [-0.39, 0.29) is 0 Å². The van der Waals surface area contributed by atoms with Crippen LogP contribution in [0.5, 0.6) is 0 Å². The maximum absolute atomic E-state index is 11.4. The third-order valence-electron chi connectivity index (χ3n) is 5.02. The van der Waals surface area contributed by atoms with Crippen LogP contribution in [0.4, 0.5) is 0 Å². The number of hydrogen-bond acceptors (Lipinski definition) is 4. The SMILES string of the molecule is O=C(O)C1(Cn2nnnc2CC2CCCCC2)CCC1. The van der Waals surface area contributed by atoms with E-state index in [1.807, 2.05) is 0 Å². The van der Waals surface area contributed by atoms with Crippen molar-refractivity contribution in [1.82, 2.24) is 20.2 Å². The number of carboxylic acid groups (broad SMARTS) is 1. The minimum atomic E-state index is -0.706. The van der Waals surface area contributed by atoms with Crippen LogP contribution in [0.1, 0.15) is 57.2 Å². The number of aromatic nitrogens is 4. The molecular formula is C14H22N4O2. The average molecular weight is 278 g/mol. The van der Waals surface area contributed by atoms with Gasteiger partial charge in [-0.25, -0.2) is 4.68 Å². The van der Waals surface area contributed by atoms with Crippen molar-refractivity contribution in [2.45, 2.75) is 64.3 Å². The minimum absolute atomic E-state index is 0.428. The van der Waals surface area contributed by atoms with Crippen molar-refractivity contribution in [3.05, 3.63) is 5.82 Å². The zero-order chi connectivity index (χ0) is 14.0. The zero-order valence-electron chi connectivity index (χ0n) is 11.8. The predicted molar refractivity (Wildman–Crippen MR) is 72.0 cm³/mol. The quantitative estimate of drug-likeness (QED) is 0.891. The van der Waals surface area contributed by atoms with Gasteiger partial charge in [-0.15, -0.1) is 5.10 Å². The fourth-order valence-corrected chi connectivity index (χ4v) is 3.47. The molecule has 6 nitrogen and oxygen atoms in total. The first-order chi connectivity index (χ1) is 9.70. The number of hydrogen-bond donors (Lipinski definition) is 1. The van der Waals surface area contributed by atoms with Crippen LogP contribution in [0.25, 0.3) is 0 Å². The van der Waals surface area contributed by atoms with Crippen LogP contribution in [-0.2, 0) is 17.8 Å². The lowest BCUT2D eigenvalue weighted by molar-refractivity contribution is -0.156. The summed E-state index contributed by atoms with van der Waals surface area (Å²) in [7, 11) is 0. The van der Waals surface area contributed by atoms with Crippen molar-refractivity contribution >= 4 is 5.97 Å². The molecule has 0 unspecified atom stereocenters. The lowest BCUT2D eigenvalue weighted by Crippen LogP contribution is -2.42. The molecule has 0 radical (unpaired) electrons. The molecule has 1 N–H and O–H groups in total. The molecule has 0 aliphatic heterocycles. The van der Waals surface area contributed by atoms with Crippen LogP contribution in [-0.4, -0.2) is 31.3 Å². The summed E-state index contributed by atoms with van der Waals surface area (Å²) in [6, 6.07) is 0. The highest BCUT2D eigenvalue weighted by atomic mass is 16.4. The fraction of sp³-hybridized carbons (Fsp3) is 0.857. The molecule has 110 valence electrons. The van der Waals surface area contributed by atoms with E-state index in [0.717, 1.165) is 31.5 Å². The second kappa shape index (κ2) is 5.50. The fourth-order valence-electron chi connectivity index (χ4n) is 3.47. The van der Waals surface area contributed by atoms with Crippen LogP contribution < -0.4 is 0 Å². The van der Waals surface area contributed by atoms with Gasteiger partial charge >= 0.3 is 5.97 Å². The van der Waals surface area contributed by atoms with E-state index >= 15 is 0 Å². The second-order valence-electron chi connectivity index (χ2n) is 6.40. The molecule has 1 aromatic rings. The Bertz CT molecular complexity index is 475. The Balaban J connectivity index is 1.68. The van der Waals surface area contributed by atoms with Gasteiger partial charge in [0.1, 0.15) is 0 Å². The van der Waals surface area contributed by atoms with Crippen molar-refractivity contribution in [1.29, 1.82) is 0 Å². The summed E-state index contributed by atoms with van der Waals surface area (Å²) >= 11 is 0. The number of carbonyl (C=O) groups is 1. The summed E-state index contributed by atoms with van der Waals surface area (Å²) in [5.41, 5.74) is -0.628. The van der Waals surface area contributed by atoms with Crippen LogP contribution >= 0.6 is 0 Å². The van der Waals surface area contributed by atoms with Gasteiger partial charge in [0.25, 0.3) is 0 Å². The molecule has 20 heavy (non-hydrogen) atoms. The Morgan fingerprint density at radius 1 is 1.25 bits per heavy atom. The predicted octanol–water partition coefficient (Wildman–Crippen LogP) is 2.05. The molecule has 0 aromatic carbocycles. The largest absolute Gasteiger partial charge is 0.481 e. The highest BCUT2D eigenvalue weighted by Crippen LogP contribution is 2.42. The van der Waals surface area contributed by atoms with E-state index < -0.39 is 11.4 Å². The monoisotopic (exact) mass is 278 g/mol. The third kappa shape index (κ3) is 2.55. The summed E-state index contributed by atoms with van der Waals surface area (Å²) in [5.74, 6) is 0.822. The molecule has 0 spiro atoms. The molecule has 1 heterocycles. The number of aliphatic carboxylic acids is 1. The first-order valence-electron chi connectivity index (χ1n) is 7.68. The van der Waals surface area contributed by atoms with Crippen LogP contribution in [0.2, 0.25) is 0 Å². The van der Waals surface area contributed by atoms with Gasteiger partial charge in [-0.05, 0) is 29.2 Å². The van der Waals surface area contributed by atoms with Gasteiger partial charge in [-0.1, -0.05) is 38.5 Å². The standard InChI is InChI=1S/C14H22N4O2/c19-13(20)14(7-4-8-14)10-18-12(15-16-17-18)9-11-5-2-1-3-6-11/h11H,1-10H2,(H,19,20). The lowest BCUT2D eigenvalue weighted by Gasteiger charge is -2.37. The zero-order valence-corrected chi connectivity index (χ0v) is 11.8. The van der Waals surface area contributed by atoms with Crippen molar-refractivity contribution in [3.63, 3.8) is 0 Å². The Labute approximate surface area is 118 Å². The maximum atomic E-state index is 11.4. The van der Waals surface area contributed by atoms with Crippen LogP contribution in [0.3, 0.4) is 0 Å². The lowest BCUT2D eigenvalue weighted by atomic mass is 9.69. The van der Waals surface area contributed by atoms with Gasteiger partial charge in [-0.2, -0.15) is 0 Å². The summed E-state index contributed by atoms with van der Waals surface area (Å²) in [5, 5.41) is 21.3. The Morgan fingerprint density at radius 2 is 2.00 bits per heavy atom.